The zero-order valence-corrected chi connectivity index (χ0v) is 12.2. The summed E-state index contributed by atoms with van der Waals surface area (Å²) in [7, 11) is 0. The molecular formula is C14H12BrN5. The van der Waals surface area contributed by atoms with E-state index in [9.17, 15) is 0 Å². The minimum absolute atomic E-state index is 0.581. The molecule has 2 aromatic rings. The maximum absolute atomic E-state index is 8.94. The number of nitrogens with one attached hydrogen (secondary N) is 2. The highest BCUT2D eigenvalue weighted by atomic mass is 79.9. The van der Waals surface area contributed by atoms with E-state index in [2.05, 4.69) is 42.6 Å². The number of nitriles is 1. The first-order valence-corrected chi connectivity index (χ1v) is 7.09. The number of halogens is 1. The highest BCUT2D eigenvalue weighted by Crippen LogP contribution is 2.25. The Labute approximate surface area is 125 Å². The Bertz CT molecular complexity index is 692. The fourth-order valence-corrected chi connectivity index (χ4v) is 2.61. The topological polar surface area (TPSA) is 73.6 Å². The van der Waals surface area contributed by atoms with Gasteiger partial charge in [-0.25, -0.2) is 9.97 Å². The van der Waals surface area contributed by atoms with Gasteiger partial charge in [-0.1, -0.05) is 6.07 Å². The second-order valence-electron chi connectivity index (χ2n) is 4.51. The van der Waals surface area contributed by atoms with E-state index in [0.29, 0.717) is 10.3 Å². The quantitative estimate of drug-likeness (QED) is 0.828. The molecule has 0 saturated heterocycles. The van der Waals surface area contributed by atoms with Gasteiger partial charge in [0.05, 0.1) is 17.3 Å². The van der Waals surface area contributed by atoms with Crippen molar-refractivity contribution in [3.63, 3.8) is 0 Å². The SMILES string of the molecule is N#Cc1cccc(Nc2nc(Br)nc3c2CNCC3)c1. The highest BCUT2D eigenvalue weighted by Gasteiger charge is 2.17. The third-order valence-corrected chi connectivity index (χ3v) is 3.51. The molecule has 0 amide bonds. The summed E-state index contributed by atoms with van der Waals surface area (Å²) in [6, 6.07) is 9.48. The molecule has 3 rings (SSSR count). The summed E-state index contributed by atoms with van der Waals surface area (Å²) in [6.07, 6.45) is 0.892. The largest absolute Gasteiger partial charge is 0.340 e. The molecule has 0 atom stereocenters. The summed E-state index contributed by atoms with van der Waals surface area (Å²) in [5.41, 5.74) is 3.61. The average Bonchev–Trinajstić information content (AvgIpc) is 2.47. The van der Waals surface area contributed by atoms with Crippen LogP contribution in [0.4, 0.5) is 11.5 Å². The lowest BCUT2D eigenvalue weighted by atomic mass is 10.1. The Morgan fingerprint density at radius 1 is 1.35 bits per heavy atom. The van der Waals surface area contributed by atoms with Crippen molar-refractivity contribution in [2.75, 3.05) is 11.9 Å². The highest BCUT2D eigenvalue weighted by molar-refractivity contribution is 9.10. The van der Waals surface area contributed by atoms with Crippen molar-refractivity contribution < 1.29 is 0 Å². The number of hydrogen-bond acceptors (Lipinski definition) is 5. The summed E-state index contributed by atoms with van der Waals surface area (Å²) in [4.78, 5) is 8.83. The third-order valence-electron chi connectivity index (χ3n) is 3.16. The first kappa shape index (κ1) is 13.0. The Hall–Kier alpha value is -1.97. The average molecular weight is 330 g/mol. The number of rotatable bonds is 2. The van der Waals surface area contributed by atoms with Gasteiger partial charge in [0.15, 0.2) is 4.73 Å². The molecule has 6 heteroatoms. The van der Waals surface area contributed by atoms with E-state index in [-0.39, 0.29) is 0 Å². The van der Waals surface area contributed by atoms with Crippen molar-refractivity contribution in [2.24, 2.45) is 0 Å². The van der Waals surface area contributed by atoms with E-state index in [1.807, 2.05) is 12.1 Å². The monoisotopic (exact) mass is 329 g/mol. The van der Waals surface area contributed by atoms with Gasteiger partial charge in [0, 0.05) is 30.8 Å². The van der Waals surface area contributed by atoms with E-state index < -0.39 is 0 Å². The molecule has 1 aliphatic rings. The molecule has 2 N–H and O–H groups in total. The Morgan fingerprint density at radius 3 is 3.10 bits per heavy atom. The molecule has 0 saturated carbocycles. The zero-order chi connectivity index (χ0) is 13.9. The van der Waals surface area contributed by atoms with Gasteiger partial charge < -0.3 is 10.6 Å². The van der Waals surface area contributed by atoms with Crippen LogP contribution in [0.3, 0.4) is 0 Å². The lowest BCUT2D eigenvalue weighted by molar-refractivity contribution is 0.626. The molecule has 0 fully saturated rings. The Morgan fingerprint density at radius 2 is 2.25 bits per heavy atom. The molecule has 0 radical (unpaired) electrons. The van der Waals surface area contributed by atoms with Crippen molar-refractivity contribution >= 4 is 27.4 Å². The molecule has 1 aromatic heterocycles. The fraction of sp³-hybridized carbons (Fsp3) is 0.214. The van der Waals surface area contributed by atoms with Crippen LogP contribution in [-0.4, -0.2) is 16.5 Å². The van der Waals surface area contributed by atoms with Crippen LogP contribution in [0, 0.1) is 11.3 Å². The van der Waals surface area contributed by atoms with E-state index >= 15 is 0 Å². The van der Waals surface area contributed by atoms with Crippen LogP contribution in [-0.2, 0) is 13.0 Å². The van der Waals surface area contributed by atoms with Gasteiger partial charge in [-0.3, -0.25) is 0 Å². The fourth-order valence-electron chi connectivity index (χ4n) is 2.22. The number of nitrogens with zero attached hydrogens (tertiary/aromatic N) is 3. The number of benzene rings is 1. The molecule has 1 aliphatic heterocycles. The third kappa shape index (κ3) is 2.64. The van der Waals surface area contributed by atoms with Crippen molar-refractivity contribution in [1.82, 2.24) is 15.3 Å². The molecule has 0 bridgehead atoms. The summed E-state index contributed by atoms with van der Waals surface area (Å²) < 4.78 is 0.581. The van der Waals surface area contributed by atoms with Crippen LogP contribution < -0.4 is 10.6 Å². The van der Waals surface area contributed by atoms with E-state index in [0.717, 1.165) is 42.3 Å². The van der Waals surface area contributed by atoms with Crippen LogP contribution >= 0.6 is 15.9 Å². The molecule has 0 spiro atoms. The Kier molecular flexibility index (Phi) is 3.63. The maximum atomic E-state index is 8.94. The van der Waals surface area contributed by atoms with Crippen LogP contribution in [0.25, 0.3) is 0 Å². The standard InChI is InChI=1S/C14H12BrN5/c15-14-19-12-4-5-17-8-11(12)13(20-14)18-10-3-1-2-9(6-10)7-16/h1-3,6,17H,4-5,8H2,(H,18,19,20). The summed E-state index contributed by atoms with van der Waals surface area (Å²) in [5, 5.41) is 15.5. The van der Waals surface area contributed by atoms with Crippen molar-refractivity contribution in [3.05, 3.63) is 45.8 Å². The van der Waals surface area contributed by atoms with Gasteiger partial charge in [-0.05, 0) is 34.1 Å². The number of aromatic nitrogens is 2. The number of fused-ring (bicyclic) bond motifs is 1. The van der Waals surface area contributed by atoms with Crippen LogP contribution in [0.2, 0.25) is 0 Å². The molecule has 1 aromatic carbocycles. The molecule has 20 heavy (non-hydrogen) atoms. The minimum Gasteiger partial charge on any atom is -0.340 e. The van der Waals surface area contributed by atoms with Gasteiger partial charge in [-0.2, -0.15) is 5.26 Å². The zero-order valence-electron chi connectivity index (χ0n) is 10.7. The van der Waals surface area contributed by atoms with E-state index in [1.54, 1.807) is 12.1 Å². The normalized spacial score (nSPS) is 13.4. The van der Waals surface area contributed by atoms with Crippen LogP contribution in [0.1, 0.15) is 16.8 Å². The van der Waals surface area contributed by atoms with Crippen molar-refractivity contribution in [2.45, 2.75) is 13.0 Å². The van der Waals surface area contributed by atoms with Gasteiger partial charge >= 0.3 is 0 Å². The summed E-state index contributed by atoms with van der Waals surface area (Å²) in [5.74, 6) is 0.782. The van der Waals surface area contributed by atoms with Gasteiger partial charge in [0.25, 0.3) is 0 Å². The van der Waals surface area contributed by atoms with Gasteiger partial charge in [0.2, 0.25) is 0 Å². The second kappa shape index (κ2) is 5.57. The molecule has 100 valence electrons. The molecule has 0 aliphatic carbocycles. The predicted octanol–water partition coefficient (Wildman–Crippen LogP) is 2.50. The molecule has 0 unspecified atom stereocenters. The lowest BCUT2D eigenvalue weighted by Gasteiger charge is -2.19. The minimum atomic E-state index is 0.581. The van der Waals surface area contributed by atoms with Gasteiger partial charge in [-0.15, -0.1) is 0 Å². The van der Waals surface area contributed by atoms with E-state index in [1.165, 1.54) is 0 Å². The first-order valence-electron chi connectivity index (χ1n) is 6.29. The smallest absolute Gasteiger partial charge is 0.198 e. The van der Waals surface area contributed by atoms with Crippen molar-refractivity contribution in [3.8, 4) is 6.07 Å². The number of hydrogen-bond donors (Lipinski definition) is 2. The van der Waals surface area contributed by atoms with Crippen LogP contribution in [0.15, 0.2) is 29.0 Å². The van der Waals surface area contributed by atoms with Crippen LogP contribution in [0.5, 0.6) is 0 Å². The summed E-state index contributed by atoms with van der Waals surface area (Å²) in [6.45, 7) is 1.68. The van der Waals surface area contributed by atoms with Crippen molar-refractivity contribution in [1.29, 1.82) is 5.26 Å². The van der Waals surface area contributed by atoms with E-state index in [4.69, 9.17) is 5.26 Å². The molecular weight excluding hydrogens is 318 g/mol. The lowest BCUT2D eigenvalue weighted by Crippen LogP contribution is -2.26. The molecule has 2 heterocycles. The Balaban J connectivity index is 1.98. The summed E-state index contributed by atoms with van der Waals surface area (Å²) >= 11 is 3.35. The second-order valence-corrected chi connectivity index (χ2v) is 5.22. The molecule has 5 nitrogen and oxygen atoms in total. The maximum Gasteiger partial charge on any atom is 0.198 e. The first-order chi connectivity index (χ1) is 9.76. The predicted molar refractivity (Wildman–Crippen MR) is 79.6 cm³/mol. The van der Waals surface area contributed by atoms with Gasteiger partial charge in [0.1, 0.15) is 5.82 Å². The number of anilines is 2.